The van der Waals surface area contributed by atoms with E-state index < -0.39 is 11.6 Å². The van der Waals surface area contributed by atoms with Crippen molar-refractivity contribution in [2.24, 2.45) is 0 Å². The van der Waals surface area contributed by atoms with E-state index in [0.717, 1.165) is 29.3 Å². The van der Waals surface area contributed by atoms with Crippen LogP contribution in [0.1, 0.15) is 0 Å². The number of hydrogen-bond acceptors (Lipinski definition) is 3. The van der Waals surface area contributed by atoms with Crippen LogP contribution in [0.4, 0.5) is 14.5 Å². The average molecular weight is 365 g/mol. The van der Waals surface area contributed by atoms with Crippen molar-refractivity contribution < 1.29 is 13.6 Å². The summed E-state index contributed by atoms with van der Waals surface area (Å²) in [6.45, 7) is 0. The lowest BCUT2D eigenvalue weighted by Crippen LogP contribution is -2.14. The Morgan fingerprint density at radius 3 is 2.79 bits per heavy atom. The van der Waals surface area contributed by atoms with Gasteiger partial charge in [-0.3, -0.25) is 9.78 Å². The molecule has 0 aliphatic carbocycles. The number of nitrogens with zero attached hydrogens (tertiary/aromatic N) is 1. The van der Waals surface area contributed by atoms with Crippen molar-refractivity contribution in [1.82, 2.24) is 4.98 Å². The number of benzene rings is 2. The maximum atomic E-state index is 13.2. The highest BCUT2D eigenvalue weighted by molar-refractivity contribution is 8.00. The van der Waals surface area contributed by atoms with E-state index >= 15 is 0 Å². The first kappa shape index (κ1) is 16.7. The molecule has 3 rings (SSSR count). The maximum Gasteiger partial charge on any atom is 0.234 e. The fourth-order valence-corrected chi connectivity index (χ4v) is 3.10. The van der Waals surface area contributed by atoms with Crippen LogP contribution in [0.5, 0.6) is 0 Å². The number of pyridine rings is 1. The van der Waals surface area contributed by atoms with Gasteiger partial charge in [-0.1, -0.05) is 17.7 Å². The summed E-state index contributed by atoms with van der Waals surface area (Å²) in [5, 5.41) is 4.05. The number of anilines is 1. The molecule has 1 heterocycles. The van der Waals surface area contributed by atoms with Crippen LogP contribution in [0.15, 0.2) is 53.6 Å². The lowest BCUT2D eigenvalue weighted by molar-refractivity contribution is -0.113. The van der Waals surface area contributed by atoms with Gasteiger partial charge in [-0.25, -0.2) is 8.78 Å². The molecule has 1 aromatic heterocycles. The van der Waals surface area contributed by atoms with Crippen molar-refractivity contribution >= 4 is 45.9 Å². The molecule has 0 aliphatic heterocycles. The van der Waals surface area contributed by atoms with Crippen molar-refractivity contribution in [3.8, 4) is 0 Å². The lowest BCUT2D eigenvalue weighted by Gasteiger charge is -2.09. The molecule has 0 atom stereocenters. The summed E-state index contributed by atoms with van der Waals surface area (Å²) in [6.07, 6.45) is 1.63. The van der Waals surface area contributed by atoms with Crippen molar-refractivity contribution in [2.75, 3.05) is 11.1 Å². The summed E-state index contributed by atoms with van der Waals surface area (Å²) in [7, 11) is 0. The van der Waals surface area contributed by atoms with E-state index in [9.17, 15) is 13.6 Å². The van der Waals surface area contributed by atoms with Gasteiger partial charge in [0, 0.05) is 21.5 Å². The van der Waals surface area contributed by atoms with E-state index in [2.05, 4.69) is 10.3 Å². The van der Waals surface area contributed by atoms with E-state index in [1.807, 2.05) is 6.07 Å². The molecule has 3 nitrogen and oxygen atoms in total. The molecule has 122 valence electrons. The van der Waals surface area contributed by atoms with E-state index in [1.54, 1.807) is 24.4 Å². The number of fused-ring (bicyclic) bond motifs is 1. The van der Waals surface area contributed by atoms with Gasteiger partial charge in [-0.05, 0) is 36.4 Å². The summed E-state index contributed by atoms with van der Waals surface area (Å²) in [5.74, 6) is -2.10. The van der Waals surface area contributed by atoms with E-state index in [4.69, 9.17) is 11.6 Å². The third-order valence-corrected chi connectivity index (χ3v) is 4.42. The highest BCUT2D eigenvalue weighted by Crippen LogP contribution is 2.27. The second-order valence-corrected chi connectivity index (χ2v) is 6.43. The first-order valence-electron chi connectivity index (χ1n) is 6.95. The third kappa shape index (κ3) is 3.83. The van der Waals surface area contributed by atoms with E-state index in [0.29, 0.717) is 21.1 Å². The highest BCUT2D eigenvalue weighted by Gasteiger charge is 2.10. The summed E-state index contributed by atoms with van der Waals surface area (Å²) in [6, 6.07) is 10.5. The zero-order valence-electron chi connectivity index (χ0n) is 12.2. The number of nitrogens with one attached hydrogen (secondary N) is 1. The van der Waals surface area contributed by atoms with Crippen molar-refractivity contribution in [2.45, 2.75) is 4.90 Å². The molecule has 0 bridgehead atoms. The Labute approximate surface area is 146 Å². The van der Waals surface area contributed by atoms with Crippen LogP contribution < -0.4 is 5.32 Å². The van der Waals surface area contributed by atoms with Crippen LogP contribution in [0.3, 0.4) is 0 Å². The number of carbonyl (C=O) groups is 1. The minimum absolute atomic E-state index is 0.0475. The number of rotatable bonds is 4. The van der Waals surface area contributed by atoms with Gasteiger partial charge < -0.3 is 5.32 Å². The molecule has 0 spiro atoms. The fourth-order valence-electron chi connectivity index (χ4n) is 2.15. The van der Waals surface area contributed by atoms with Crippen LogP contribution in [-0.2, 0) is 4.79 Å². The van der Waals surface area contributed by atoms with Crippen LogP contribution in [0, 0.1) is 11.6 Å². The molecular weight excluding hydrogens is 354 g/mol. The Bertz CT molecular complexity index is 920. The first-order chi connectivity index (χ1) is 11.5. The molecule has 0 aliphatic rings. The van der Waals surface area contributed by atoms with Crippen molar-refractivity contribution in [1.29, 1.82) is 0 Å². The standard InChI is InChI=1S/C17H11ClF2N2OS/c18-11-6-10-2-1-5-21-17(10)15(7-11)22-16(23)9-24-12-3-4-13(19)14(20)8-12/h1-8H,9H2,(H,22,23). The number of amides is 1. The Balaban J connectivity index is 1.72. The molecule has 7 heteroatoms. The highest BCUT2D eigenvalue weighted by atomic mass is 35.5. The topological polar surface area (TPSA) is 42.0 Å². The number of hydrogen-bond donors (Lipinski definition) is 1. The van der Waals surface area contributed by atoms with Gasteiger partial charge in [0.05, 0.1) is 17.0 Å². The number of aromatic nitrogens is 1. The molecule has 0 saturated heterocycles. The van der Waals surface area contributed by atoms with Gasteiger partial charge in [-0.15, -0.1) is 11.8 Å². The molecule has 3 aromatic rings. The predicted molar refractivity (Wildman–Crippen MR) is 92.5 cm³/mol. The van der Waals surface area contributed by atoms with Crippen LogP contribution in [0.25, 0.3) is 10.9 Å². The zero-order chi connectivity index (χ0) is 17.1. The summed E-state index contributed by atoms with van der Waals surface area (Å²) < 4.78 is 26.0. The summed E-state index contributed by atoms with van der Waals surface area (Å²) in [5.41, 5.74) is 1.14. The van der Waals surface area contributed by atoms with Gasteiger partial charge in [-0.2, -0.15) is 0 Å². The third-order valence-electron chi connectivity index (χ3n) is 3.20. The van der Waals surface area contributed by atoms with Crippen LogP contribution in [-0.4, -0.2) is 16.6 Å². The first-order valence-corrected chi connectivity index (χ1v) is 8.31. The Morgan fingerprint density at radius 2 is 2.00 bits per heavy atom. The SMILES string of the molecule is O=C(CSc1ccc(F)c(F)c1)Nc1cc(Cl)cc2cccnc12. The van der Waals surface area contributed by atoms with Gasteiger partial charge >= 0.3 is 0 Å². The summed E-state index contributed by atoms with van der Waals surface area (Å²) >= 11 is 7.16. The second kappa shape index (κ2) is 7.15. The summed E-state index contributed by atoms with van der Waals surface area (Å²) in [4.78, 5) is 16.8. The maximum absolute atomic E-state index is 13.2. The van der Waals surface area contributed by atoms with Crippen LogP contribution >= 0.6 is 23.4 Å². The number of halogens is 3. The Hall–Kier alpha value is -2.18. The van der Waals surface area contributed by atoms with Crippen molar-refractivity contribution in [3.05, 3.63) is 65.3 Å². The monoisotopic (exact) mass is 364 g/mol. The van der Waals surface area contributed by atoms with E-state index in [-0.39, 0.29) is 11.7 Å². The Kier molecular flexibility index (Phi) is 4.97. The lowest BCUT2D eigenvalue weighted by atomic mass is 10.2. The Morgan fingerprint density at radius 1 is 1.17 bits per heavy atom. The normalized spacial score (nSPS) is 10.8. The van der Waals surface area contributed by atoms with Gasteiger partial charge in [0.1, 0.15) is 0 Å². The van der Waals surface area contributed by atoms with Gasteiger partial charge in [0.15, 0.2) is 11.6 Å². The van der Waals surface area contributed by atoms with Crippen LogP contribution in [0.2, 0.25) is 5.02 Å². The molecular formula is C17H11ClF2N2OS. The van der Waals surface area contributed by atoms with Gasteiger partial charge in [0.25, 0.3) is 0 Å². The smallest absolute Gasteiger partial charge is 0.234 e. The second-order valence-electron chi connectivity index (χ2n) is 4.94. The molecule has 1 N–H and O–H groups in total. The minimum Gasteiger partial charge on any atom is -0.323 e. The fraction of sp³-hybridized carbons (Fsp3) is 0.0588. The molecule has 0 saturated carbocycles. The molecule has 24 heavy (non-hydrogen) atoms. The quantitative estimate of drug-likeness (QED) is 0.670. The predicted octanol–water partition coefficient (Wildman–Crippen LogP) is 4.90. The zero-order valence-corrected chi connectivity index (χ0v) is 13.8. The van der Waals surface area contributed by atoms with Gasteiger partial charge in [0.2, 0.25) is 5.91 Å². The molecule has 0 unspecified atom stereocenters. The molecule has 2 aromatic carbocycles. The molecule has 0 radical (unpaired) electrons. The minimum atomic E-state index is -0.939. The van der Waals surface area contributed by atoms with Crippen molar-refractivity contribution in [3.63, 3.8) is 0 Å². The average Bonchev–Trinajstić information content (AvgIpc) is 2.56. The number of thioether (sulfide) groups is 1. The molecule has 1 amide bonds. The largest absolute Gasteiger partial charge is 0.323 e. The number of carbonyl (C=O) groups excluding carboxylic acids is 1. The van der Waals surface area contributed by atoms with E-state index in [1.165, 1.54) is 6.07 Å². The molecule has 0 fully saturated rings.